The number of ether oxygens (including phenoxy) is 1. The second-order valence-electron chi connectivity index (χ2n) is 6.57. The Labute approximate surface area is 172 Å². The molecule has 1 aromatic carbocycles. The number of rotatable bonds is 4. The summed E-state index contributed by atoms with van der Waals surface area (Å²) in [6.45, 7) is 2.39. The van der Waals surface area contributed by atoms with Crippen LogP contribution in [0.4, 0.5) is 5.82 Å². The van der Waals surface area contributed by atoms with Gasteiger partial charge in [-0.3, -0.25) is 4.79 Å². The van der Waals surface area contributed by atoms with Crippen molar-refractivity contribution >= 4 is 29.0 Å². The van der Waals surface area contributed by atoms with E-state index in [1.807, 2.05) is 29.6 Å². The highest BCUT2D eigenvalue weighted by Gasteiger charge is 2.26. The lowest BCUT2D eigenvalue weighted by molar-refractivity contribution is 0.0589. The average Bonchev–Trinajstić information content (AvgIpc) is 3.33. The zero-order valence-electron chi connectivity index (χ0n) is 15.9. The number of esters is 1. The van der Waals surface area contributed by atoms with Gasteiger partial charge in [0.2, 0.25) is 0 Å². The van der Waals surface area contributed by atoms with E-state index < -0.39 is 5.97 Å². The maximum absolute atomic E-state index is 12.9. The molecule has 7 nitrogen and oxygen atoms in total. The molecule has 0 aliphatic carbocycles. The van der Waals surface area contributed by atoms with Gasteiger partial charge in [0.15, 0.2) is 5.82 Å². The van der Waals surface area contributed by atoms with E-state index in [2.05, 4.69) is 15.1 Å². The summed E-state index contributed by atoms with van der Waals surface area (Å²) in [5.74, 6) is 0.130. The van der Waals surface area contributed by atoms with Crippen molar-refractivity contribution in [3.63, 3.8) is 0 Å². The van der Waals surface area contributed by atoms with Crippen LogP contribution in [0.2, 0.25) is 0 Å². The fourth-order valence-corrected chi connectivity index (χ4v) is 4.01. The third kappa shape index (κ3) is 3.97. The number of benzene rings is 1. The van der Waals surface area contributed by atoms with Gasteiger partial charge in [-0.05, 0) is 35.7 Å². The first kappa shape index (κ1) is 19.1. The molecule has 0 N–H and O–H groups in total. The number of amides is 1. The summed E-state index contributed by atoms with van der Waals surface area (Å²) >= 11 is 1.63. The molecular formula is C21H20N4O3S. The molecule has 2 aromatic heterocycles. The second-order valence-corrected chi connectivity index (χ2v) is 7.52. The number of nitrogens with zero attached hydrogens (tertiary/aromatic N) is 4. The van der Waals surface area contributed by atoms with Gasteiger partial charge in [0.1, 0.15) is 5.69 Å². The summed E-state index contributed by atoms with van der Waals surface area (Å²) in [7, 11) is 1.31. The maximum Gasteiger partial charge on any atom is 0.338 e. The largest absolute Gasteiger partial charge is 0.465 e. The standard InChI is InChI=1S/C21H20N4O3S/c1-28-21(27)16-6-3-2-5-15(16)20(26)25-12-10-24(11-13-25)19-9-8-17(22-23-19)18-7-4-14-29-18/h2-9,14H,10-13H2,1H3. The summed E-state index contributed by atoms with van der Waals surface area (Å²) in [4.78, 5) is 29.8. The Morgan fingerprint density at radius 3 is 2.31 bits per heavy atom. The summed E-state index contributed by atoms with van der Waals surface area (Å²) in [6.07, 6.45) is 0. The number of carbonyl (C=O) groups is 2. The van der Waals surface area contributed by atoms with Gasteiger partial charge in [0.05, 0.1) is 23.1 Å². The molecule has 0 saturated carbocycles. The minimum Gasteiger partial charge on any atom is -0.465 e. The van der Waals surface area contributed by atoms with Crippen molar-refractivity contribution in [3.05, 3.63) is 65.0 Å². The van der Waals surface area contributed by atoms with Crippen LogP contribution in [0, 0.1) is 0 Å². The Balaban J connectivity index is 1.42. The predicted octanol–water partition coefficient (Wildman–Crippen LogP) is 2.95. The fraction of sp³-hybridized carbons (Fsp3) is 0.238. The molecule has 3 aromatic rings. The molecule has 1 aliphatic rings. The quantitative estimate of drug-likeness (QED) is 0.618. The van der Waals surface area contributed by atoms with Gasteiger partial charge >= 0.3 is 5.97 Å². The average molecular weight is 408 g/mol. The van der Waals surface area contributed by atoms with Gasteiger partial charge in [-0.15, -0.1) is 21.5 Å². The summed E-state index contributed by atoms with van der Waals surface area (Å²) in [5, 5.41) is 10.7. The molecule has 1 fully saturated rings. The van der Waals surface area contributed by atoms with Gasteiger partial charge in [-0.25, -0.2) is 4.79 Å². The zero-order valence-corrected chi connectivity index (χ0v) is 16.8. The van der Waals surface area contributed by atoms with Crippen LogP contribution in [-0.2, 0) is 4.74 Å². The van der Waals surface area contributed by atoms with E-state index >= 15 is 0 Å². The smallest absolute Gasteiger partial charge is 0.338 e. The molecule has 1 amide bonds. The first-order valence-corrected chi connectivity index (χ1v) is 10.1. The number of aromatic nitrogens is 2. The Kier molecular flexibility index (Phi) is 5.53. The lowest BCUT2D eigenvalue weighted by Gasteiger charge is -2.35. The molecular weight excluding hydrogens is 388 g/mol. The van der Waals surface area contributed by atoms with Gasteiger partial charge in [0.25, 0.3) is 5.91 Å². The molecule has 1 saturated heterocycles. The molecule has 3 heterocycles. The summed E-state index contributed by atoms with van der Waals surface area (Å²) in [6, 6.07) is 14.7. The van der Waals surface area contributed by atoms with Crippen LogP contribution in [0.3, 0.4) is 0 Å². The molecule has 0 atom stereocenters. The van der Waals surface area contributed by atoms with E-state index in [-0.39, 0.29) is 11.5 Å². The summed E-state index contributed by atoms with van der Waals surface area (Å²) in [5.41, 5.74) is 1.52. The number of hydrogen-bond donors (Lipinski definition) is 0. The van der Waals surface area contributed by atoms with Crippen LogP contribution in [0.1, 0.15) is 20.7 Å². The monoisotopic (exact) mass is 408 g/mol. The Bertz CT molecular complexity index is 997. The van der Waals surface area contributed by atoms with E-state index in [1.54, 1.807) is 40.5 Å². The van der Waals surface area contributed by atoms with Crippen molar-refractivity contribution in [1.82, 2.24) is 15.1 Å². The van der Waals surface area contributed by atoms with Crippen LogP contribution < -0.4 is 4.90 Å². The van der Waals surface area contributed by atoms with E-state index in [9.17, 15) is 9.59 Å². The van der Waals surface area contributed by atoms with Crippen LogP contribution in [0.5, 0.6) is 0 Å². The highest BCUT2D eigenvalue weighted by molar-refractivity contribution is 7.13. The van der Waals surface area contributed by atoms with Crippen LogP contribution in [0.25, 0.3) is 10.6 Å². The Hall–Kier alpha value is -3.26. The van der Waals surface area contributed by atoms with Crippen molar-refractivity contribution < 1.29 is 14.3 Å². The zero-order chi connectivity index (χ0) is 20.2. The van der Waals surface area contributed by atoms with Gasteiger partial charge in [-0.2, -0.15) is 0 Å². The number of thiophene rings is 1. The number of anilines is 1. The third-order valence-corrected chi connectivity index (χ3v) is 5.77. The minimum atomic E-state index is -0.506. The third-order valence-electron chi connectivity index (χ3n) is 4.88. The lowest BCUT2D eigenvalue weighted by Crippen LogP contribution is -2.49. The maximum atomic E-state index is 12.9. The fourth-order valence-electron chi connectivity index (χ4n) is 3.32. The van der Waals surface area contributed by atoms with Gasteiger partial charge < -0.3 is 14.5 Å². The molecule has 0 bridgehead atoms. The minimum absolute atomic E-state index is 0.162. The van der Waals surface area contributed by atoms with E-state index in [0.29, 0.717) is 31.7 Å². The molecule has 29 heavy (non-hydrogen) atoms. The van der Waals surface area contributed by atoms with E-state index in [1.165, 1.54) is 7.11 Å². The van der Waals surface area contributed by atoms with Crippen LogP contribution in [0.15, 0.2) is 53.9 Å². The SMILES string of the molecule is COC(=O)c1ccccc1C(=O)N1CCN(c2ccc(-c3cccs3)nn2)CC1. The number of piperazine rings is 1. The highest BCUT2D eigenvalue weighted by atomic mass is 32.1. The van der Waals surface area contributed by atoms with Crippen molar-refractivity contribution in [2.75, 3.05) is 38.2 Å². The molecule has 4 rings (SSSR count). The lowest BCUT2D eigenvalue weighted by atomic mass is 10.1. The Morgan fingerprint density at radius 1 is 0.931 bits per heavy atom. The van der Waals surface area contributed by atoms with E-state index in [0.717, 1.165) is 16.4 Å². The normalized spacial score (nSPS) is 14.0. The van der Waals surface area contributed by atoms with Crippen molar-refractivity contribution in [3.8, 4) is 10.6 Å². The van der Waals surface area contributed by atoms with Crippen molar-refractivity contribution in [2.45, 2.75) is 0 Å². The van der Waals surface area contributed by atoms with Gasteiger partial charge in [-0.1, -0.05) is 18.2 Å². The Morgan fingerprint density at radius 2 is 1.69 bits per heavy atom. The molecule has 0 spiro atoms. The molecule has 1 aliphatic heterocycles. The van der Waals surface area contributed by atoms with E-state index in [4.69, 9.17) is 4.74 Å². The first-order valence-electron chi connectivity index (χ1n) is 9.26. The van der Waals surface area contributed by atoms with Crippen molar-refractivity contribution in [1.29, 1.82) is 0 Å². The van der Waals surface area contributed by atoms with Gasteiger partial charge in [0, 0.05) is 26.2 Å². The molecule has 0 radical (unpaired) electrons. The second kappa shape index (κ2) is 8.40. The topological polar surface area (TPSA) is 75.6 Å². The predicted molar refractivity (Wildman–Crippen MR) is 111 cm³/mol. The van der Waals surface area contributed by atoms with Crippen molar-refractivity contribution in [2.24, 2.45) is 0 Å². The molecule has 0 unspecified atom stereocenters. The summed E-state index contributed by atoms with van der Waals surface area (Å²) < 4.78 is 4.79. The molecule has 8 heteroatoms. The van der Waals surface area contributed by atoms with Crippen LogP contribution >= 0.6 is 11.3 Å². The first-order chi connectivity index (χ1) is 14.2. The molecule has 148 valence electrons. The number of methoxy groups -OCH3 is 1. The highest BCUT2D eigenvalue weighted by Crippen LogP contribution is 2.24. The number of carbonyl (C=O) groups excluding carboxylic acids is 2. The van der Waals surface area contributed by atoms with Crippen LogP contribution in [-0.4, -0.2) is 60.3 Å². The number of hydrogen-bond acceptors (Lipinski definition) is 7.